The van der Waals surface area contributed by atoms with Crippen LogP contribution in [-0.2, 0) is 0 Å². The molecular weight excluding hydrogens is 448 g/mol. The lowest BCUT2D eigenvalue weighted by molar-refractivity contribution is 0.0975. The van der Waals surface area contributed by atoms with Gasteiger partial charge >= 0.3 is 0 Å². The number of Topliss-reactive ketones (excluding diaryl/α,β-unsaturated/α-hetero) is 1. The summed E-state index contributed by atoms with van der Waals surface area (Å²) in [5.41, 5.74) is 1.84. The second kappa shape index (κ2) is 7.01. The van der Waals surface area contributed by atoms with E-state index in [1.165, 1.54) is 0 Å². The molecule has 0 N–H and O–H groups in total. The molecule has 0 aromatic heterocycles. The van der Waals surface area contributed by atoms with Gasteiger partial charge < -0.3 is 0 Å². The van der Waals surface area contributed by atoms with E-state index in [-0.39, 0.29) is 11.7 Å². The van der Waals surface area contributed by atoms with E-state index in [1.54, 1.807) is 0 Å². The molecule has 0 aliphatic rings. The first kappa shape index (κ1) is 15.9. The van der Waals surface area contributed by atoms with Crippen molar-refractivity contribution in [1.29, 1.82) is 0 Å². The maximum Gasteiger partial charge on any atom is 0.163 e. The number of benzene rings is 2. The third-order valence-corrected chi connectivity index (χ3v) is 4.74. The molecule has 2 aromatic rings. The highest BCUT2D eigenvalue weighted by atomic mass is 80.0. The predicted octanol–water partition coefficient (Wildman–Crippen LogP) is 5.88. The summed E-state index contributed by atoms with van der Waals surface area (Å²) in [6, 6.07) is 19.4. The number of alkyl halides is 3. The Bertz CT molecular complexity index is 561. The van der Waals surface area contributed by atoms with Crippen LogP contribution in [0.25, 0.3) is 0 Å². The molecule has 0 saturated heterocycles. The monoisotopic (exact) mass is 458 g/mol. The number of carbonyl (C=O) groups is 1. The van der Waals surface area contributed by atoms with Crippen LogP contribution in [0.5, 0.6) is 0 Å². The van der Waals surface area contributed by atoms with E-state index < -0.39 is 2.14 Å². The Morgan fingerprint density at radius 1 is 0.900 bits per heavy atom. The molecule has 0 heterocycles. The molecule has 1 unspecified atom stereocenters. The standard InChI is InChI=1S/C16H13Br3O/c17-16(18,19)14(12-7-3-1-4-8-12)11-15(20)13-9-5-2-6-10-13/h1-10,14H,11H2. The van der Waals surface area contributed by atoms with Gasteiger partial charge in [-0.25, -0.2) is 0 Å². The fourth-order valence-corrected chi connectivity index (χ4v) is 3.31. The maximum absolute atomic E-state index is 12.4. The molecule has 0 aliphatic heterocycles. The van der Waals surface area contributed by atoms with Gasteiger partial charge in [0.25, 0.3) is 0 Å². The van der Waals surface area contributed by atoms with Crippen LogP contribution in [0.3, 0.4) is 0 Å². The number of rotatable bonds is 4. The molecule has 0 bridgehead atoms. The first-order valence-electron chi connectivity index (χ1n) is 6.18. The van der Waals surface area contributed by atoms with Crippen LogP contribution >= 0.6 is 47.8 Å². The Hall–Kier alpha value is -0.450. The molecule has 0 aliphatic carbocycles. The van der Waals surface area contributed by atoms with Crippen molar-refractivity contribution in [1.82, 2.24) is 0 Å². The van der Waals surface area contributed by atoms with Crippen molar-refractivity contribution < 1.29 is 4.79 Å². The minimum Gasteiger partial charge on any atom is -0.294 e. The summed E-state index contributed by atoms with van der Waals surface area (Å²) in [5, 5.41) is 0. The van der Waals surface area contributed by atoms with E-state index in [2.05, 4.69) is 47.8 Å². The summed E-state index contributed by atoms with van der Waals surface area (Å²) >= 11 is 10.7. The third kappa shape index (κ3) is 4.27. The molecule has 1 atom stereocenters. The summed E-state index contributed by atoms with van der Waals surface area (Å²) in [5.74, 6) is 0.110. The van der Waals surface area contributed by atoms with Gasteiger partial charge in [-0.15, -0.1) is 0 Å². The van der Waals surface area contributed by atoms with Crippen molar-refractivity contribution in [2.45, 2.75) is 14.5 Å². The molecule has 4 heteroatoms. The smallest absolute Gasteiger partial charge is 0.163 e. The minimum absolute atomic E-state index is 0.0172. The second-order valence-electron chi connectivity index (χ2n) is 4.50. The summed E-state index contributed by atoms with van der Waals surface area (Å²) in [6.07, 6.45) is 0.412. The lowest BCUT2D eigenvalue weighted by Crippen LogP contribution is -2.19. The quantitative estimate of drug-likeness (QED) is 0.411. The molecule has 2 rings (SSSR count). The van der Waals surface area contributed by atoms with Gasteiger partial charge in [0.05, 0.1) is 0 Å². The van der Waals surface area contributed by atoms with Crippen molar-refractivity contribution in [2.24, 2.45) is 0 Å². The number of hydrogen-bond acceptors (Lipinski definition) is 1. The molecule has 0 amide bonds. The Morgan fingerprint density at radius 3 is 1.90 bits per heavy atom. The van der Waals surface area contributed by atoms with Crippen LogP contribution < -0.4 is 0 Å². The normalized spacial score (nSPS) is 12.9. The van der Waals surface area contributed by atoms with Crippen molar-refractivity contribution in [2.75, 3.05) is 0 Å². The molecule has 0 radical (unpaired) electrons. The van der Waals surface area contributed by atoms with Crippen LogP contribution in [0.1, 0.15) is 28.3 Å². The fraction of sp³-hybridized carbons (Fsp3) is 0.188. The first-order chi connectivity index (χ1) is 9.48. The van der Waals surface area contributed by atoms with E-state index in [0.29, 0.717) is 6.42 Å². The molecule has 0 spiro atoms. The van der Waals surface area contributed by atoms with Crippen molar-refractivity contribution in [3.05, 3.63) is 71.8 Å². The number of hydrogen-bond donors (Lipinski definition) is 0. The lowest BCUT2D eigenvalue weighted by Gasteiger charge is -2.25. The highest BCUT2D eigenvalue weighted by molar-refractivity contribution is 9.39. The summed E-state index contributed by atoms with van der Waals surface area (Å²) in [6.45, 7) is 0. The lowest BCUT2D eigenvalue weighted by atomic mass is 9.93. The van der Waals surface area contributed by atoms with Gasteiger partial charge in [0, 0.05) is 17.9 Å². The van der Waals surface area contributed by atoms with E-state index in [0.717, 1.165) is 11.1 Å². The van der Waals surface area contributed by atoms with Gasteiger partial charge in [-0.1, -0.05) is 108 Å². The number of halogens is 3. The molecule has 2 aromatic carbocycles. The van der Waals surface area contributed by atoms with Crippen LogP contribution in [0, 0.1) is 0 Å². The predicted molar refractivity (Wildman–Crippen MR) is 94.1 cm³/mol. The zero-order valence-electron chi connectivity index (χ0n) is 10.6. The average Bonchev–Trinajstić information content (AvgIpc) is 2.45. The fourth-order valence-electron chi connectivity index (χ4n) is 2.04. The van der Waals surface area contributed by atoms with Gasteiger partial charge in [-0.3, -0.25) is 4.79 Å². The van der Waals surface area contributed by atoms with Gasteiger partial charge in [-0.05, 0) is 5.56 Å². The second-order valence-corrected chi connectivity index (χ2v) is 11.4. The van der Waals surface area contributed by atoms with Gasteiger partial charge in [-0.2, -0.15) is 0 Å². The Balaban J connectivity index is 2.24. The molecule has 104 valence electrons. The summed E-state index contributed by atoms with van der Waals surface area (Å²) in [4.78, 5) is 12.4. The van der Waals surface area contributed by atoms with Crippen LogP contribution in [0.4, 0.5) is 0 Å². The maximum atomic E-state index is 12.4. The topological polar surface area (TPSA) is 17.1 Å². The first-order valence-corrected chi connectivity index (χ1v) is 8.56. The van der Waals surface area contributed by atoms with Crippen LogP contribution in [0.15, 0.2) is 60.7 Å². The molecule has 0 fully saturated rings. The third-order valence-electron chi connectivity index (χ3n) is 3.08. The van der Waals surface area contributed by atoms with Gasteiger partial charge in [0.2, 0.25) is 0 Å². The zero-order chi connectivity index (χ0) is 14.6. The van der Waals surface area contributed by atoms with Crippen molar-refractivity contribution in [3.8, 4) is 0 Å². The van der Waals surface area contributed by atoms with Gasteiger partial charge in [0.15, 0.2) is 5.78 Å². The zero-order valence-corrected chi connectivity index (χ0v) is 15.4. The number of carbonyl (C=O) groups excluding carboxylic acids is 1. The van der Waals surface area contributed by atoms with E-state index in [4.69, 9.17) is 0 Å². The Kier molecular flexibility index (Phi) is 5.58. The molecule has 1 nitrogen and oxygen atoms in total. The molecule has 20 heavy (non-hydrogen) atoms. The molecule has 0 saturated carbocycles. The summed E-state index contributed by atoms with van der Waals surface area (Å²) in [7, 11) is 0. The van der Waals surface area contributed by atoms with E-state index in [1.807, 2.05) is 60.7 Å². The minimum atomic E-state index is -0.501. The average molecular weight is 461 g/mol. The van der Waals surface area contributed by atoms with Crippen molar-refractivity contribution >= 4 is 53.6 Å². The largest absolute Gasteiger partial charge is 0.294 e. The van der Waals surface area contributed by atoms with Crippen molar-refractivity contribution in [3.63, 3.8) is 0 Å². The SMILES string of the molecule is O=C(CC(c1ccccc1)C(Br)(Br)Br)c1ccccc1. The Morgan fingerprint density at radius 2 is 1.40 bits per heavy atom. The highest BCUT2D eigenvalue weighted by Gasteiger charge is 2.33. The number of ketones is 1. The van der Waals surface area contributed by atoms with Crippen LogP contribution in [0.2, 0.25) is 0 Å². The van der Waals surface area contributed by atoms with Crippen LogP contribution in [-0.4, -0.2) is 7.93 Å². The Labute approximate surface area is 144 Å². The van der Waals surface area contributed by atoms with E-state index in [9.17, 15) is 4.79 Å². The van der Waals surface area contributed by atoms with Gasteiger partial charge in [0.1, 0.15) is 2.14 Å². The summed E-state index contributed by atoms with van der Waals surface area (Å²) < 4.78 is -0.501. The molecular formula is C16H13Br3O. The van der Waals surface area contributed by atoms with E-state index >= 15 is 0 Å². The highest BCUT2D eigenvalue weighted by Crippen LogP contribution is 2.48.